The SMILES string of the molecule is CC1(C)CC(=O)C2=C(C1)Nc1nc(SCc3ccc([N+](=O)[O-])cc3)[nH]c(=O)c1C2c1cccc(Cl)c1. The number of non-ortho nitro benzene ring substituents is 1. The van der Waals surface area contributed by atoms with Crippen LogP contribution in [0.1, 0.15) is 49.3 Å². The first-order chi connectivity index (χ1) is 17.1. The number of allylic oxidation sites excluding steroid dienone is 2. The molecule has 36 heavy (non-hydrogen) atoms. The minimum absolute atomic E-state index is 0.0143. The van der Waals surface area contributed by atoms with E-state index in [1.807, 2.05) is 12.1 Å². The Hall–Kier alpha value is -3.43. The summed E-state index contributed by atoms with van der Waals surface area (Å²) >= 11 is 7.60. The molecule has 0 amide bonds. The zero-order chi connectivity index (χ0) is 25.6. The van der Waals surface area contributed by atoms with Crippen molar-refractivity contribution >= 4 is 40.7 Å². The number of hydrogen-bond acceptors (Lipinski definition) is 7. The lowest BCUT2D eigenvalue weighted by Gasteiger charge is -2.38. The molecule has 0 spiro atoms. The highest BCUT2D eigenvalue weighted by Crippen LogP contribution is 2.48. The van der Waals surface area contributed by atoms with E-state index < -0.39 is 10.8 Å². The lowest BCUT2D eigenvalue weighted by molar-refractivity contribution is -0.384. The van der Waals surface area contributed by atoms with Crippen LogP contribution in [0.4, 0.5) is 11.5 Å². The number of nitrogens with one attached hydrogen (secondary N) is 2. The maximum absolute atomic E-state index is 13.4. The Labute approximate surface area is 216 Å². The maximum Gasteiger partial charge on any atom is 0.269 e. The molecule has 8 nitrogen and oxygen atoms in total. The van der Waals surface area contributed by atoms with Crippen molar-refractivity contribution in [1.29, 1.82) is 0 Å². The molecular weight excluding hydrogens is 500 g/mol. The van der Waals surface area contributed by atoms with E-state index in [2.05, 4.69) is 24.1 Å². The number of carbonyl (C=O) groups is 1. The van der Waals surface area contributed by atoms with Crippen molar-refractivity contribution in [3.8, 4) is 0 Å². The van der Waals surface area contributed by atoms with E-state index in [9.17, 15) is 19.7 Å². The first-order valence-electron chi connectivity index (χ1n) is 11.4. The van der Waals surface area contributed by atoms with Crippen molar-refractivity contribution in [2.45, 2.75) is 43.5 Å². The predicted molar refractivity (Wildman–Crippen MR) is 139 cm³/mol. The molecule has 1 unspecified atom stereocenters. The van der Waals surface area contributed by atoms with Crippen molar-refractivity contribution in [2.24, 2.45) is 5.41 Å². The van der Waals surface area contributed by atoms with E-state index >= 15 is 0 Å². The van der Waals surface area contributed by atoms with Gasteiger partial charge in [0.2, 0.25) is 0 Å². The maximum atomic E-state index is 13.4. The van der Waals surface area contributed by atoms with E-state index in [0.29, 0.717) is 45.7 Å². The number of H-pyrrole nitrogens is 1. The third-order valence-corrected chi connectivity index (χ3v) is 7.58. The number of anilines is 1. The van der Waals surface area contributed by atoms with Crippen molar-refractivity contribution in [3.63, 3.8) is 0 Å². The molecule has 0 saturated heterocycles. The monoisotopic (exact) mass is 522 g/mol. The largest absolute Gasteiger partial charge is 0.343 e. The van der Waals surface area contributed by atoms with Gasteiger partial charge in [-0.25, -0.2) is 4.98 Å². The van der Waals surface area contributed by atoms with Gasteiger partial charge in [0, 0.05) is 46.5 Å². The number of fused-ring (bicyclic) bond motifs is 1. The fourth-order valence-corrected chi connectivity index (χ4v) is 5.86. The van der Waals surface area contributed by atoms with Gasteiger partial charge in [0.25, 0.3) is 11.2 Å². The van der Waals surface area contributed by atoms with Crippen LogP contribution in [0.15, 0.2) is 69.8 Å². The molecule has 1 aromatic heterocycles. The number of thioether (sulfide) groups is 1. The van der Waals surface area contributed by atoms with Crippen molar-refractivity contribution in [1.82, 2.24) is 9.97 Å². The molecular formula is C26H23ClN4O4S. The van der Waals surface area contributed by atoms with E-state index in [-0.39, 0.29) is 22.4 Å². The van der Waals surface area contributed by atoms with Crippen molar-refractivity contribution in [2.75, 3.05) is 5.32 Å². The first kappa shape index (κ1) is 24.3. The van der Waals surface area contributed by atoms with Crippen LogP contribution in [-0.2, 0) is 10.5 Å². The number of hydrogen-bond donors (Lipinski definition) is 2. The minimum Gasteiger partial charge on any atom is -0.343 e. The standard InChI is InChI=1S/C26H23ClN4O4S/c1-26(2)11-18-21(19(32)12-26)20(15-4-3-5-16(27)10-15)22-23(28-18)29-25(30-24(22)33)36-13-14-6-8-17(9-7-14)31(34)35/h3-10,20H,11-13H2,1-2H3,(H2,28,29,30,33). The van der Waals surface area contributed by atoms with Crippen LogP contribution in [-0.4, -0.2) is 20.7 Å². The zero-order valence-corrected chi connectivity index (χ0v) is 21.2. The second-order valence-electron chi connectivity index (χ2n) is 9.79. The highest BCUT2D eigenvalue weighted by atomic mass is 35.5. The molecule has 0 radical (unpaired) electrons. The summed E-state index contributed by atoms with van der Waals surface area (Å²) in [5.74, 6) is 0.347. The van der Waals surface area contributed by atoms with Gasteiger partial charge in [-0.3, -0.25) is 19.7 Å². The molecule has 0 fully saturated rings. The number of nitro groups is 1. The zero-order valence-electron chi connectivity index (χ0n) is 19.6. The summed E-state index contributed by atoms with van der Waals surface area (Å²) < 4.78 is 0. The van der Waals surface area contributed by atoms with Crippen molar-refractivity contribution in [3.05, 3.63) is 102 Å². The van der Waals surface area contributed by atoms with Gasteiger partial charge in [0.15, 0.2) is 10.9 Å². The van der Waals surface area contributed by atoms with Gasteiger partial charge in [-0.05, 0) is 35.1 Å². The van der Waals surface area contributed by atoms with E-state index in [4.69, 9.17) is 16.6 Å². The van der Waals surface area contributed by atoms with Gasteiger partial charge in [-0.1, -0.05) is 61.5 Å². The predicted octanol–water partition coefficient (Wildman–Crippen LogP) is 5.82. The van der Waals surface area contributed by atoms with Gasteiger partial charge in [0.1, 0.15) is 5.82 Å². The number of halogens is 1. The minimum atomic E-state index is -0.566. The second-order valence-corrected chi connectivity index (χ2v) is 11.2. The summed E-state index contributed by atoms with van der Waals surface area (Å²) in [4.78, 5) is 44.7. The third kappa shape index (κ3) is 4.68. The number of aromatic nitrogens is 2. The van der Waals surface area contributed by atoms with Crippen LogP contribution >= 0.6 is 23.4 Å². The van der Waals surface area contributed by atoms with E-state index in [1.54, 1.807) is 24.3 Å². The van der Waals surface area contributed by atoms with E-state index in [1.165, 1.54) is 23.9 Å². The Balaban J connectivity index is 1.53. The molecule has 184 valence electrons. The molecule has 1 aliphatic carbocycles. The summed E-state index contributed by atoms with van der Waals surface area (Å²) in [5.41, 5.74) is 2.89. The Morgan fingerprint density at radius 1 is 1.17 bits per heavy atom. The summed E-state index contributed by atoms with van der Waals surface area (Å²) in [6.45, 7) is 4.11. The summed E-state index contributed by atoms with van der Waals surface area (Å²) in [6.07, 6.45) is 1.05. The molecule has 2 aliphatic rings. The molecule has 3 aromatic rings. The van der Waals surface area contributed by atoms with Crippen LogP contribution in [0.5, 0.6) is 0 Å². The number of rotatable bonds is 5. The highest BCUT2D eigenvalue weighted by molar-refractivity contribution is 7.98. The molecule has 10 heteroatoms. The number of nitro benzene ring substituents is 1. The second kappa shape index (κ2) is 9.22. The summed E-state index contributed by atoms with van der Waals surface area (Å²) in [6, 6.07) is 13.5. The Kier molecular flexibility index (Phi) is 6.22. The summed E-state index contributed by atoms with van der Waals surface area (Å²) in [5, 5.41) is 15.1. The fraction of sp³-hybridized carbons (Fsp3) is 0.269. The Morgan fingerprint density at radius 3 is 2.61 bits per heavy atom. The molecule has 2 aromatic carbocycles. The van der Waals surface area contributed by atoms with E-state index in [0.717, 1.165) is 16.8 Å². The number of nitrogens with zero attached hydrogens (tertiary/aromatic N) is 2. The van der Waals surface area contributed by atoms with Crippen LogP contribution in [0.3, 0.4) is 0 Å². The third-order valence-electron chi connectivity index (χ3n) is 6.40. The van der Waals surface area contributed by atoms with Gasteiger partial charge in [-0.2, -0.15) is 0 Å². The number of ketones is 1. The molecule has 5 rings (SSSR count). The molecule has 1 aliphatic heterocycles. The lowest BCUT2D eigenvalue weighted by Crippen LogP contribution is -2.37. The Bertz CT molecular complexity index is 1480. The number of benzene rings is 2. The summed E-state index contributed by atoms with van der Waals surface area (Å²) in [7, 11) is 0. The van der Waals surface area contributed by atoms with Crippen LogP contribution in [0.2, 0.25) is 5.02 Å². The smallest absolute Gasteiger partial charge is 0.269 e. The number of carbonyl (C=O) groups excluding carboxylic acids is 1. The normalized spacial score (nSPS) is 18.3. The molecule has 2 heterocycles. The van der Waals surface area contributed by atoms with Crippen molar-refractivity contribution < 1.29 is 9.72 Å². The number of Topliss-reactive ketones (excluding diaryl/α,β-unsaturated/α-hetero) is 1. The molecule has 2 N–H and O–H groups in total. The molecule has 0 bridgehead atoms. The average Bonchev–Trinajstić information content (AvgIpc) is 2.81. The average molecular weight is 523 g/mol. The topological polar surface area (TPSA) is 118 Å². The van der Waals surface area contributed by atoms with Gasteiger partial charge in [-0.15, -0.1) is 0 Å². The van der Waals surface area contributed by atoms with Crippen LogP contribution in [0.25, 0.3) is 0 Å². The highest BCUT2D eigenvalue weighted by Gasteiger charge is 2.42. The van der Waals surface area contributed by atoms with Crippen LogP contribution < -0.4 is 10.9 Å². The first-order valence-corrected chi connectivity index (χ1v) is 12.8. The lowest BCUT2D eigenvalue weighted by atomic mass is 9.69. The fourth-order valence-electron chi connectivity index (χ4n) is 4.85. The van der Waals surface area contributed by atoms with Gasteiger partial charge < -0.3 is 10.3 Å². The molecule has 1 atom stereocenters. The Morgan fingerprint density at radius 2 is 1.92 bits per heavy atom. The van der Waals surface area contributed by atoms with Gasteiger partial charge >= 0.3 is 0 Å². The quantitative estimate of drug-likeness (QED) is 0.187. The van der Waals surface area contributed by atoms with Gasteiger partial charge in [0.05, 0.1) is 10.5 Å². The van der Waals surface area contributed by atoms with Crippen LogP contribution in [0, 0.1) is 15.5 Å². The molecule has 0 saturated carbocycles. The number of aromatic amines is 1.